The van der Waals surface area contributed by atoms with Crippen molar-refractivity contribution in [1.29, 1.82) is 0 Å². The number of rotatable bonds is 5. The molecule has 1 aromatic heterocycles. The van der Waals surface area contributed by atoms with Crippen molar-refractivity contribution in [2.24, 2.45) is 0 Å². The summed E-state index contributed by atoms with van der Waals surface area (Å²) in [5, 5.41) is 8.55. The van der Waals surface area contributed by atoms with Gasteiger partial charge in [-0.1, -0.05) is 54.1 Å². The van der Waals surface area contributed by atoms with Crippen LogP contribution >= 0.6 is 11.6 Å². The van der Waals surface area contributed by atoms with Crippen molar-refractivity contribution in [1.82, 2.24) is 19.7 Å². The van der Waals surface area contributed by atoms with E-state index in [1.54, 1.807) is 28.8 Å². The molecule has 29 heavy (non-hydrogen) atoms. The SMILES string of the molecule is O=C(Cc1ccc(Cl)cc1)N1CC(F)(F)CC1c1nncn1Cc1ccccc1. The van der Waals surface area contributed by atoms with Crippen molar-refractivity contribution in [3.8, 4) is 0 Å². The Kier molecular flexibility index (Phi) is 5.32. The molecule has 0 spiro atoms. The van der Waals surface area contributed by atoms with Gasteiger partial charge < -0.3 is 9.47 Å². The summed E-state index contributed by atoms with van der Waals surface area (Å²) in [6, 6.07) is 15.6. The fourth-order valence-electron chi connectivity index (χ4n) is 3.61. The van der Waals surface area contributed by atoms with E-state index in [-0.39, 0.29) is 12.3 Å². The molecule has 1 aliphatic heterocycles. The first-order valence-corrected chi connectivity index (χ1v) is 9.62. The number of halogens is 3. The van der Waals surface area contributed by atoms with E-state index < -0.39 is 24.9 Å². The van der Waals surface area contributed by atoms with E-state index in [1.165, 1.54) is 11.2 Å². The topological polar surface area (TPSA) is 51.0 Å². The maximum absolute atomic E-state index is 14.3. The van der Waals surface area contributed by atoms with Crippen LogP contribution in [-0.2, 0) is 17.8 Å². The summed E-state index contributed by atoms with van der Waals surface area (Å²) in [4.78, 5) is 14.1. The Hall–Kier alpha value is -2.80. The lowest BCUT2D eigenvalue weighted by Crippen LogP contribution is -2.35. The molecule has 2 heterocycles. The van der Waals surface area contributed by atoms with Crippen molar-refractivity contribution in [2.75, 3.05) is 6.54 Å². The fourth-order valence-corrected chi connectivity index (χ4v) is 3.74. The van der Waals surface area contributed by atoms with Gasteiger partial charge in [-0.05, 0) is 23.3 Å². The molecule has 2 aromatic carbocycles. The predicted molar refractivity (Wildman–Crippen MR) is 105 cm³/mol. The van der Waals surface area contributed by atoms with Gasteiger partial charge in [0.1, 0.15) is 6.33 Å². The lowest BCUT2D eigenvalue weighted by Gasteiger charge is -2.24. The number of carbonyl (C=O) groups is 1. The van der Waals surface area contributed by atoms with Gasteiger partial charge in [0.15, 0.2) is 5.82 Å². The molecule has 5 nitrogen and oxygen atoms in total. The average Bonchev–Trinajstić information content (AvgIpc) is 3.27. The quantitative estimate of drug-likeness (QED) is 0.628. The minimum atomic E-state index is -2.97. The highest BCUT2D eigenvalue weighted by Crippen LogP contribution is 2.40. The van der Waals surface area contributed by atoms with Gasteiger partial charge in [-0.2, -0.15) is 0 Å². The molecule has 1 atom stereocenters. The van der Waals surface area contributed by atoms with Gasteiger partial charge in [-0.3, -0.25) is 4.79 Å². The summed E-state index contributed by atoms with van der Waals surface area (Å²) in [6.45, 7) is -0.174. The van der Waals surface area contributed by atoms with Gasteiger partial charge in [0, 0.05) is 11.4 Å². The molecule has 1 aliphatic rings. The maximum Gasteiger partial charge on any atom is 0.267 e. The van der Waals surface area contributed by atoms with Crippen LogP contribution in [0.25, 0.3) is 0 Å². The molecular weight excluding hydrogens is 398 g/mol. The Balaban J connectivity index is 1.57. The molecular formula is C21H19ClF2N4O. The van der Waals surface area contributed by atoms with Crippen LogP contribution in [0.2, 0.25) is 5.02 Å². The van der Waals surface area contributed by atoms with Gasteiger partial charge in [0.25, 0.3) is 5.92 Å². The number of nitrogens with zero attached hydrogens (tertiary/aromatic N) is 4. The summed E-state index contributed by atoms with van der Waals surface area (Å²) < 4.78 is 30.3. The number of aromatic nitrogens is 3. The number of likely N-dealkylation sites (tertiary alicyclic amines) is 1. The summed E-state index contributed by atoms with van der Waals surface area (Å²) in [7, 11) is 0. The van der Waals surface area contributed by atoms with Crippen LogP contribution in [-0.4, -0.2) is 38.0 Å². The third kappa shape index (κ3) is 4.45. The molecule has 3 aromatic rings. The number of amides is 1. The third-order valence-corrected chi connectivity index (χ3v) is 5.25. The van der Waals surface area contributed by atoms with E-state index in [1.807, 2.05) is 30.3 Å². The van der Waals surface area contributed by atoms with Crippen LogP contribution in [0.15, 0.2) is 60.9 Å². The van der Waals surface area contributed by atoms with Gasteiger partial charge in [-0.15, -0.1) is 10.2 Å². The predicted octanol–water partition coefficient (Wildman–Crippen LogP) is 4.13. The van der Waals surface area contributed by atoms with Gasteiger partial charge in [-0.25, -0.2) is 8.78 Å². The van der Waals surface area contributed by atoms with Crippen LogP contribution < -0.4 is 0 Å². The smallest absolute Gasteiger partial charge is 0.267 e. The summed E-state index contributed by atoms with van der Waals surface area (Å²) in [6.07, 6.45) is 1.07. The fraction of sp³-hybridized carbons (Fsp3) is 0.286. The van der Waals surface area contributed by atoms with Crippen molar-refractivity contribution in [2.45, 2.75) is 31.4 Å². The molecule has 0 radical (unpaired) electrons. The number of benzene rings is 2. The van der Waals surface area contributed by atoms with Gasteiger partial charge in [0.2, 0.25) is 5.91 Å². The first-order chi connectivity index (χ1) is 13.9. The highest BCUT2D eigenvalue weighted by Gasteiger charge is 2.49. The Morgan fingerprint density at radius 2 is 1.83 bits per heavy atom. The maximum atomic E-state index is 14.3. The minimum Gasteiger partial charge on any atom is -0.326 e. The second-order valence-corrected chi connectivity index (χ2v) is 7.64. The molecule has 0 aliphatic carbocycles. The van der Waals surface area contributed by atoms with E-state index in [9.17, 15) is 13.6 Å². The van der Waals surface area contributed by atoms with Crippen molar-refractivity contribution < 1.29 is 13.6 Å². The van der Waals surface area contributed by atoms with Crippen LogP contribution in [0, 0.1) is 0 Å². The molecule has 0 bridgehead atoms. The van der Waals surface area contributed by atoms with E-state index in [0.717, 1.165) is 11.1 Å². The number of carbonyl (C=O) groups excluding carboxylic acids is 1. The van der Waals surface area contributed by atoms with Crippen LogP contribution in [0.4, 0.5) is 8.78 Å². The molecule has 4 rings (SSSR count). The average molecular weight is 417 g/mol. The van der Waals surface area contributed by atoms with Gasteiger partial charge in [0.05, 0.1) is 25.6 Å². The number of hydrogen-bond donors (Lipinski definition) is 0. The molecule has 1 unspecified atom stereocenters. The molecule has 0 saturated carbocycles. The second-order valence-electron chi connectivity index (χ2n) is 7.20. The van der Waals surface area contributed by atoms with Crippen molar-refractivity contribution in [3.63, 3.8) is 0 Å². The van der Waals surface area contributed by atoms with E-state index in [0.29, 0.717) is 17.4 Å². The molecule has 0 N–H and O–H groups in total. The van der Waals surface area contributed by atoms with E-state index >= 15 is 0 Å². The lowest BCUT2D eigenvalue weighted by atomic mass is 10.1. The Morgan fingerprint density at radius 1 is 1.10 bits per heavy atom. The standard InChI is InChI=1S/C21H19ClF2N4O/c22-17-8-6-15(7-9-17)10-19(29)28-13-21(23,24)11-18(28)20-26-25-14-27(20)12-16-4-2-1-3-5-16/h1-9,14,18H,10-13H2. The highest BCUT2D eigenvalue weighted by molar-refractivity contribution is 6.30. The van der Waals surface area contributed by atoms with Crippen LogP contribution in [0.5, 0.6) is 0 Å². The number of hydrogen-bond acceptors (Lipinski definition) is 3. The van der Waals surface area contributed by atoms with E-state index in [4.69, 9.17) is 11.6 Å². The summed E-state index contributed by atoms with van der Waals surface area (Å²) >= 11 is 5.87. The summed E-state index contributed by atoms with van der Waals surface area (Å²) in [5.74, 6) is -2.97. The molecule has 8 heteroatoms. The zero-order valence-electron chi connectivity index (χ0n) is 15.5. The Labute approximate surface area is 171 Å². The first-order valence-electron chi connectivity index (χ1n) is 9.25. The molecule has 1 amide bonds. The summed E-state index contributed by atoms with van der Waals surface area (Å²) in [5.41, 5.74) is 1.72. The zero-order chi connectivity index (χ0) is 20.4. The van der Waals surface area contributed by atoms with Gasteiger partial charge >= 0.3 is 0 Å². The monoisotopic (exact) mass is 416 g/mol. The minimum absolute atomic E-state index is 0.0244. The van der Waals surface area contributed by atoms with E-state index in [2.05, 4.69) is 10.2 Å². The first kappa shape index (κ1) is 19.5. The Bertz CT molecular complexity index is 991. The molecule has 1 saturated heterocycles. The molecule has 150 valence electrons. The highest BCUT2D eigenvalue weighted by atomic mass is 35.5. The normalized spacial score (nSPS) is 18.2. The lowest BCUT2D eigenvalue weighted by molar-refractivity contribution is -0.132. The third-order valence-electron chi connectivity index (χ3n) is 5.00. The largest absolute Gasteiger partial charge is 0.326 e. The van der Waals surface area contributed by atoms with Crippen LogP contribution in [0.3, 0.4) is 0 Å². The zero-order valence-corrected chi connectivity index (χ0v) is 16.3. The number of alkyl halides is 2. The molecule has 1 fully saturated rings. The van der Waals surface area contributed by atoms with Crippen molar-refractivity contribution >= 4 is 17.5 Å². The Morgan fingerprint density at radius 3 is 2.55 bits per heavy atom. The van der Waals surface area contributed by atoms with Crippen molar-refractivity contribution in [3.05, 3.63) is 82.9 Å². The van der Waals surface area contributed by atoms with Crippen LogP contribution in [0.1, 0.15) is 29.4 Å². The second kappa shape index (κ2) is 7.91.